The lowest BCUT2D eigenvalue weighted by Crippen LogP contribution is -2.66. The van der Waals surface area contributed by atoms with E-state index in [2.05, 4.69) is 26.6 Å². The minimum absolute atomic E-state index is 0.00238. The van der Waals surface area contributed by atoms with E-state index in [-0.39, 0.29) is 31.7 Å². The molecule has 3 aromatic rings. The molecule has 0 radical (unpaired) electrons. The number of aliphatic hydroxyl groups is 2. The van der Waals surface area contributed by atoms with Gasteiger partial charge in [0.15, 0.2) is 6.29 Å². The predicted octanol–water partition coefficient (Wildman–Crippen LogP) is 1.09. The molecule has 4 amide bonds. The number of fused-ring (bicyclic) bond motifs is 2. The van der Waals surface area contributed by atoms with Gasteiger partial charge >= 0.3 is 5.97 Å². The minimum Gasteiger partial charge on any atom is -0.466 e. The van der Waals surface area contributed by atoms with Gasteiger partial charge in [-0.05, 0) is 56.5 Å². The lowest BCUT2D eigenvalue weighted by Gasteiger charge is -2.44. The Morgan fingerprint density at radius 2 is 1.68 bits per heavy atom. The zero-order chi connectivity index (χ0) is 44.9. The summed E-state index contributed by atoms with van der Waals surface area (Å²) in [5, 5.41) is 47.0. The number of amides is 4. The first-order chi connectivity index (χ1) is 29.7. The van der Waals surface area contributed by atoms with Crippen LogP contribution in [-0.4, -0.2) is 113 Å². The molecule has 2 aliphatic rings. The Morgan fingerprint density at radius 1 is 0.968 bits per heavy atom. The Bertz CT molecular complexity index is 2060. The molecule has 0 spiro atoms. The van der Waals surface area contributed by atoms with Crippen LogP contribution in [0.25, 0.3) is 0 Å². The molecule has 0 aliphatic carbocycles. The van der Waals surface area contributed by atoms with Gasteiger partial charge in [0.2, 0.25) is 23.6 Å². The van der Waals surface area contributed by atoms with E-state index in [1.54, 1.807) is 12.1 Å². The Labute approximate surface area is 357 Å². The lowest BCUT2D eigenvalue weighted by atomic mass is 9.90. The molecule has 20 heteroatoms. The van der Waals surface area contributed by atoms with Crippen molar-refractivity contribution in [2.45, 2.75) is 102 Å². The number of rotatable bonds is 21. The Kier molecular flexibility index (Phi) is 16.8. The van der Waals surface area contributed by atoms with Crippen molar-refractivity contribution < 1.29 is 58.1 Å². The number of nitrogens with two attached hydrogens (primary N) is 1. The summed E-state index contributed by atoms with van der Waals surface area (Å²) in [7, 11) is 0. The molecule has 62 heavy (non-hydrogen) atoms. The molecule has 9 atom stereocenters. The van der Waals surface area contributed by atoms with Gasteiger partial charge in [-0.15, -0.1) is 0 Å². The number of aliphatic hydroxyl groups excluding tert-OH is 2. The number of hydrogen-bond acceptors (Lipinski definition) is 15. The van der Waals surface area contributed by atoms with Crippen LogP contribution in [0.1, 0.15) is 62.8 Å². The summed E-state index contributed by atoms with van der Waals surface area (Å²) in [6.07, 6.45) is -6.65. The molecule has 0 saturated carbocycles. The normalized spacial score (nSPS) is 21.7. The summed E-state index contributed by atoms with van der Waals surface area (Å²) in [6.45, 7) is 3.69. The summed E-state index contributed by atoms with van der Waals surface area (Å²) in [5.41, 5.74) is 9.00. The van der Waals surface area contributed by atoms with Crippen LogP contribution in [0.3, 0.4) is 0 Å². The smallest absolute Gasteiger partial charge is 0.305 e. The number of nitrogens with zero attached hydrogens (tertiary/aromatic N) is 1. The Balaban J connectivity index is 1.08. The van der Waals surface area contributed by atoms with Gasteiger partial charge in [0.05, 0.1) is 42.0 Å². The van der Waals surface area contributed by atoms with Gasteiger partial charge in [-0.1, -0.05) is 54.6 Å². The summed E-state index contributed by atoms with van der Waals surface area (Å²) in [5.74, 6) is -3.69. The van der Waals surface area contributed by atoms with E-state index in [1.807, 2.05) is 54.6 Å². The number of anilines is 2. The molecule has 1 fully saturated rings. The van der Waals surface area contributed by atoms with E-state index in [4.69, 9.17) is 24.7 Å². The van der Waals surface area contributed by atoms with Crippen LogP contribution < -0.4 is 32.3 Å². The van der Waals surface area contributed by atoms with E-state index in [0.717, 1.165) is 16.8 Å². The van der Waals surface area contributed by atoms with Crippen LogP contribution in [0.4, 0.5) is 17.1 Å². The number of nitro groups is 1. The second-order valence-corrected chi connectivity index (χ2v) is 14.9. The van der Waals surface area contributed by atoms with E-state index >= 15 is 0 Å². The Hall–Kier alpha value is -6.03. The fraction of sp³-hybridized carbons (Fsp3) is 0.452. The second kappa shape index (κ2) is 22.2. The first-order valence-electron chi connectivity index (χ1n) is 20.1. The number of esters is 1. The number of nitro benzene ring substituents is 1. The third-order valence-corrected chi connectivity index (χ3v) is 10.3. The largest absolute Gasteiger partial charge is 0.466 e. The average Bonchev–Trinajstić information content (AvgIpc) is 3.25. The first kappa shape index (κ1) is 47.0. The SMILES string of the molecule is CC(=O)NC1C(OCc2ccccc2)OC(CO)C(O)C1OC(C)C(=O)NC(C)C(=O)N[C@@H](CCC(=O)OCCCNC1c2ccccc2Nc2cccc([N+](=O)[O-])c21)C(N)=O. The fourth-order valence-corrected chi connectivity index (χ4v) is 7.13. The molecule has 334 valence electrons. The average molecular weight is 864 g/mol. The van der Waals surface area contributed by atoms with E-state index in [9.17, 15) is 44.3 Å². The van der Waals surface area contributed by atoms with Gasteiger partial charge < -0.3 is 61.5 Å². The van der Waals surface area contributed by atoms with Crippen molar-refractivity contribution in [3.63, 3.8) is 0 Å². The molecule has 20 nitrogen and oxygen atoms in total. The number of carbonyl (C=O) groups excluding carboxylic acids is 5. The highest BCUT2D eigenvalue weighted by atomic mass is 16.7. The molecule has 2 aliphatic heterocycles. The number of para-hydroxylation sites is 1. The van der Waals surface area contributed by atoms with Crippen LogP contribution in [0.15, 0.2) is 72.8 Å². The summed E-state index contributed by atoms with van der Waals surface area (Å²) < 4.78 is 23.0. The predicted molar refractivity (Wildman–Crippen MR) is 221 cm³/mol. The van der Waals surface area contributed by atoms with Gasteiger partial charge in [-0.25, -0.2) is 0 Å². The number of hydrogen-bond donors (Lipinski definition) is 8. The van der Waals surface area contributed by atoms with E-state index < -0.39 is 96.0 Å². The number of benzene rings is 3. The van der Waals surface area contributed by atoms with Gasteiger partial charge in [-0.2, -0.15) is 0 Å². The zero-order valence-electron chi connectivity index (χ0n) is 34.5. The molecule has 1 saturated heterocycles. The van der Waals surface area contributed by atoms with Gasteiger partial charge in [0.1, 0.15) is 42.5 Å². The van der Waals surface area contributed by atoms with Gasteiger partial charge in [0.25, 0.3) is 5.69 Å². The molecular formula is C42H53N7O13. The standard InChI is InChI=1S/C42H53N7O13/c1-23(45-41(56)24(2)61-38-36(46-25(3)51)42(62-32(21-50)37(38)53)60-22-26-11-5-4-6-12-26)40(55)48-30(39(43)54)17-18-33(52)59-20-10-19-44-35-27-13-7-8-14-28(27)47-29-15-9-16-31(34(29)35)49(57)58/h4-9,11-16,23-24,30,32,35-38,42,44,47,50,53H,10,17-22H2,1-3H3,(H2,43,54)(H,45,56)(H,46,51)(H,48,55)/t23?,24?,30-,32?,35?,36?,37?,38?,42?/m0/s1. The topological polar surface area (TPSA) is 292 Å². The molecular weight excluding hydrogens is 810 g/mol. The van der Waals surface area contributed by atoms with E-state index in [0.29, 0.717) is 24.2 Å². The van der Waals surface area contributed by atoms with Crippen molar-refractivity contribution in [1.82, 2.24) is 21.3 Å². The monoisotopic (exact) mass is 863 g/mol. The van der Waals surface area contributed by atoms with Crippen LogP contribution in [0.5, 0.6) is 0 Å². The number of carbonyl (C=O) groups is 5. The van der Waals surface area contributed by atoms with Crippen molar-refractivity contribution in [2.75, 3.05) is 25.1 Å². The fourth-order valence-electron chi connectivity index (χ4n) is 7.13. The second-order valence-electron chi connectivity index (χ2n) is 14.9. The maximum Gasteiger partial charge on any atom is 0.305 e. The van der Waals surface area contributed by atoms with Crippen molar-refractivity contribution in [3.05, 3.63) is 99.6 Å². The molecule has 8 unspecified atom stereocenters. The van der Waals surface area contributed by atoms with Gasteiger partial charge in [0, 0.05) is 25.1 Å². The maximum absolute atomic E-state index is 13.2. The highest BCUT2D eigenvalue weighted by molar-refractivity contribution is 5.92. The molecule has 3 aromatic carbocycles. The quantitative estimate of drug-likeness (QED) is 0.0322. The summed E-state index contributed by atoms with van der Waals surface area (Å²) >= 11 is 0. The van der Waals surface area contributed by atoms with Crippen LogP contribution in [0, 0.1) is 10.1 Å². The first-order valence-corrected chi connectivity index (χ1v) is 20.1. The van der Waals surface area contributed by atoms with Crippen LogP contribution in [-0.2, 0) is 49.5 Å². The van der Waals surface area contributed by atoms with Crippen molar-refractivity contribution in [3.8, 4) is 0 Å². The molecule has 5 rings (SSSR count). The summed E-state index contributed by atoms with van der Waals surface area (Å²) in [4.78, 5) is 74.8. The van der Waals surface area contributed by atoms with Crippen LogP contribution >= 0.6 is 0 Å². The third kappa shape index (κ3) is 12.3. The highest BCUT2D eigenvalue weighted by Crippen LogP contribution is 2.43. The molecule has 2 heterocycles. The maximum atomic E-state index is 13.2. The number of ether oxygens (including phenoxy) is 4. The molecule has 0 aromatic heterocycles. The lowest BCUT2D eigenvalue weighted by molar-refractivity contribution is -0.385. The number of primary amides is 1. The van der Waals surface area contributed by atoms with E-state index in [1.165, 1.54) is 26.8 Å². The summed E-state index contributed by atoms with van der Waals surface area (Å²) in [6, 6.07) is 17.2. The molecule has 9 N–H and O–H groups in total. The number of nitrogens with one attached hydrogen (secondary N) is 5. The van der Waals surface area contributed by atoms with Crippen molar-refractivity contribution in [2.24, 2.45) is 5.73 Å². The van der Waals surface area contributed by atoms with Crippen molar-refractivity contribution in [1.29, 1.82) is 0 Å². The minimum atomic E-state index is -1.51. The highest BCUT2D eigenvalue weighted by Gasteiger charge is 2.48. The molecule has 0 bridgehead atoms. The van der Waals surface area contributed by atoms with Gasteiger partial charge in [-0.3, -0.25) is 34.1 Å². The van der Waals surface area contributed by atoms with Crippen LogP contribution in [0.2, 0.25) is 0 Å². The third-order valence-electron chi connectivity index (χ3n) is 10.3. The zero-order valence-corrected chi connectivity index (χ0v) is 34.5. The van der Waals surface area contributed by atoms with Crippen molar-refractivity contribution >= 4 is 46.7 Å². The Morgan fingerprint density at radius 3 is 2.37 bits per heavy atom.